The number of methoxy groups -OCH3 is 1. The van der Waals surface area contributed by atoms with Crippen LogP contribution in [-0.2, 0) is 9.53 Å². The second-order valence-corrected chi connectivity index (χ2v) is 9.11. The summed E-state index contributed by atoms with van der Waals surface area (Å²) in [5.41, 5.74) is 3.37. The summed E-state index contributed by atoms with van der Waals surface area (Å²) in [4.78, 5) is 29.1. The summed E-state index contributed by atoms with van der Waals surface area (Å²) >= 11 is 0. The van der Waals surface area contributed by atoms with Crippen LogP contribution in [0, 0.1) is 13.8 Å². The number of nitrogens with one attached hydrogen (secondary N) is 3. The van der Waals surface area contributed by atoms with E-state index < -0.39 is 6.03 Å². The first-order valence-electron chi connectivity index (χ1n) is 12.6. The van der Waals surface area contributed by atoms with Crippen molar-refractivity contribution in [3.05, 3.63) is 96.3 Å². The van der Waals surface area contributed by atoms with Crippen LogP contribution in [0.3, 0.4) is 0 Å². The standard InChI is InChI=1S/C30H28N6O4/c1-19-8-10-21(11-9-19)36-28(16-20(2)35-36)34-30(38)32-25-12-13-26(24-7-5-4-6-23(24)25)40-22-14-15-31-27(17-22)33-29(37)18-39-3/h4-17H,18H2,1-3H3,(H,31,33,37)(H2,32,34,38). The van der Waals surface area contributed by atoms with E-state index in [9.17, 15) is 9.59 Å². The van der Waals surface area contributed by atoms with Gasteiger partial charge in [-0.25, -0.2) is 14.5 Å². The summed E-state index contributed by atoms with van der Waals surface area (Å²) in [6.45, 7) is 3.82. The number of rotatable bonds is 8. The lowest BCUT2D eigenvalue weighted by Gasteiger charge is -2.14. The molecule has 0 unspecified atom stereocenters. The Morgan fingerprint density at radius 3 is 2.42 bits per heavy atom. The van der Waals surface area contributed by atoms with E-state index in [2.05, 4.69) is 26.0 Å². The number of pyridine rings is 1. The van der Waals surface area contributed by atoms with Gasteiger partial charge in [-0.1, -0.05) is 42.0 Å². The molecule has 2 heterocycles. The molecule has 202 valence electrons. The van der Waals surface area contributed by atoms with Gasteiger partial charge >= 0.3 is 6.03 Å². The third kappa shape index (κ3) is 6.08. The number of benzene rings is 3. The Balaban J connectivity index is 1.35. The van der Waals surface area contributed by atoms with E-state index in [1.54, 1.807) is 35.1 Å². The molecular weight excluding hydrogens is 508 g/mol. The number of urea groups is 1. The van der Waals surface area contributed by atoms with Gasteiger partial charge in [0.1, 0.15) is 29.7 Å². The monoisotopic (exact) mass is 536 g/mol. The lowest BCUT2D eigenvalue weighted by atomic mass is 10.1. The van der Waals surface area contributed by atoms with Crippen molar-refractivity contribution < 1.29 is 19.1 Å². The fourth-order valence-electron chi connectivity index (χ4n) is 4.19. The summed E-state index contributed by atoms with van der Waals surface area (Å²) in [6, 6.07) is 23.8. The van der Waals surface area contributed by atoms with E-state index >= 15 is 0 Å². The molecule has 5 rings (SSSR count). The van der Waals surface area contributed by atoms with Crippen molar-refractivity contribution in [1.82, 2.24) is 14.8 Å². The Hall–Kier alpha value is -5.22. The van der Waals surface area contributed by atoms with Crippen molar-refractivity contribution in [2.45, 2.75) is 13.8 Å². The lowest BCUT2D eigenvalue weighted by Crippen LogP contribution is -2.21. The van der Waals surface area contributed by atoms with E-state index in [1.165, 1.54) is 7.11 Å². The van der Waals surface area contributed by atoms with Crippen molar-refractivity contribution in [2.75, 3.05) is 29.7 Å². The van der Waals surface area contributed by atoms with Crippen molar-refractivity contribution in [1.29, 1.82) is 0 Å². The number of hydrogen-bond donors (Lipinski definition) is 3. The third-order valence-electron chi connectivity index (χ3n) is 5.99. The molecule has 0 fully saturated rings. The van der Waals surface area contributed by atoms with Crippen LogP contribution in [-0.4, -0.2) is 40.4 Å². The quantitative estimate of drug-likeness (QED) is 0.222. The zero-order valence-corrected chi connectivity index (χ0v) is 22.3. The van der Waals surface area contributed by atoms with Gasteiger partial charge in [0.15, 0.2) is 0 Å². The van der Waals surface area contributed by atoms with E-state index in [1.807, 2.05) is 68.4 Å². The van der Waals surface area contributed by atoms with Crippen LogP contribution in [0.2, 0.25) is 0 Å². The zero-order chi connectivity index (χ0) is 28.1. The highest BCUT2D eigenvalue weighted by atomic mass is 16.5. The van der Waals surface area contributed by atoms with E-state index in [0.717, 1.165) is 27.7 Å². The predicted octanol–water partition coefficient (Wildman–Crippen LogP) is 6.06. The number of hydrogen-bond acceptors (Lipinski definition) is 6. The minimum atomic E-state index is -0.405. The van der Waals surface area contributed by atoms with E-state index in [4.69, 9.17) is 9.47 Å². The Morgan fingerprint density at radius 2 is 1.65 bits per heavy atom. The highest BCUT2D eigenvalue weighted by Crippen LogP contribution is 2.35. The third-order valence-corrected chi connectivity index (χ3v) is 5.99. The predicted molar refractivity (Wildman–Crippen MR) is 154 cm³/mol. The van der Waals surface area contributed by atoms with Crippen LogP contribution in [0.5, 0.6) is 11.5 Å². The molecule has 0 aliphatic heterocycles. The Bertz CT molecular complexity index is 1680. The smallest absolute Gasteiger partial charge is 0.324 e. The normalized spacial score (nSPS) is 10.8. The molecule has 0 atom stereocenters. The average Bonchev–Trinajstić information content (AvgIpc) is 3.30. The fourth-order valence-corrected chi connectivity index (χ4v) is 4.19. The minimum absolute atomic E-state index is 0.0761. The summed E-state index contributed by atoms with van der Waals surface area (Å²) in [7, 11) is 1.45. The maximum atomic E-state index is 13.1. The van der Waals surface area contributed by atoms with Crippen LogP contribution in [0.1, 0.15) is 11.3 Å². The average molecular weight is 537 g/mol. The molecule has 3 aromatic carbocycles. The molecule has 3 N–H and O–H groups in total. The fraction of sp³-hybridized carbons (Fsp3) is 0.133. The van der Waals surface area contributed by atoms with E-state index in [0.29, 0.717) is 28.8 Å². The highest BCUT2D eigenvalue weighted by molar-refractivity contribution is 6.07. The molecular formula is C30H28N6O4. The maximum absolute atomic E-state index is 13.1. The number of aromatic nitrogens is 3. The van der Waals surface area contributed by atoms with Crippen molar-refractivity contribution in [2.24, 2.45) is 0 Å². The van der Waals surface area contributed by atoms with Crippen LogP contribution in [0.15, 0.2) is 85.1 Å². The first-order valence-corrected chi connectivity index (χ1v) is 12.6. The number of carbonyl (C=O) groups excluding carboxylic acids is 2. The molecule has 0 bridgehead atoms. The molecule has 10 nitrogen and oxygen atoms in total. The molecule has 2 aromatic heterocycles. The summed E-state index contributed by atoms with van der Waals surface area (Å²) < 4.78 is 12.7. The van der Waals surface area contributed by atoms with Crippen molar-refractivity contribution in [3.8, 4) is 17.2 Å². The van der Waals surface area contributed by atoms with Crippen LogP contribution >= 0.6 is 0 Å². The molecule has 0 radical (unpaired) electrons. The number of nitrogens with zero attached hydrogens (tertiary/aromatic N) is 3. The highest BCUT2D eigenvalue weighted by Gasteiger charge is 2.14. The van der Waals surface area contributed by atoms with Gasteiger partial charge in [0.05, 0.1) is 17.1 Å². The van der Waals surface area contributed by atoms with Gasteiger partial charge < -0.3 is 20.1 Å². The number of carbonyl (C=O) groups is 2. The first-order chi connectivity index (χ1) is 19.4. The van der Waals surface area contributed by atoms with Gasteiger partial charge in [0, 0.05) is 36.2 Å². The molecule has 0 aliphatic carbocycles. The molecule has 5 aromatic rings. The van der Waals surface area contributed by atoms with Gasteiger partial charge in [-0.05, 0) is 44.2 Å². The Kier molecular flexibility index (Phi) is 7.70. The maximum Gasteiger partial charge on any atom is 0.324 e. The number of ether oxygens (including phenoxy) is 2. The molecule has 40 heavy (non-hydrogen) atoms. The van der Waals surface area contributed by atoms with Gasteiger partial charge in [-0.15, -0.1) is 0 Å². The molecule has 0 aliphatic rings. The number of anilines is 3. The second kappa shape index (κ2) is 11.7. The van der Waals surface area contributed by atoms with Crippen molar-refractivity contribution >= 4 is 40.0 Å². The molecule has 0 saturated heterocycles. The van der Waals surface area contributed by atoms with Gasteiger partial charge in [0.25, 0.3) is 5.91 Å². The summed E-state index contributed by atoms with van der Waals surface area (Å²) in [6.07, 6.45) is 1.54. The molecule has 0 spiro atoms. The lowest BCUT2D eigenvalue weighted by molar-refractivity contribution is -0.119. The first kappa shape index (κ1) is 26.4. The van der Waals surface area contributed by atoms with Crippen LogP contribution in [0.25, 0.3) is 16.5 Å². The number of amides is 3. The number of fused-ring (bicyclic) bond motifs is 1. The largest absolute Gasteiger partial charge is 0.457 e. The van der Waals surface area contributed by atoms with Gasteiger partial charge in [0.2, 0.25) is 0 Å². The Labute approximate surface area is 231 Å². The zero-order valence-electron chi connectivity index (χ0n) is 22.3. The SMILES string of the molecule is COCC(=O)Nc1cc(Oc2ccc(NC(=O)Nc3cc(C)nn3-c3ccc(C)cc3)c3ccccc23)ccn1. The van der Waals surface area contributed by atoms with Crippen LogP contribution < -0.4 is 20.7 Å². The molecule has 10 heteroatoms. The molecule has 0 saturated carbocycles. The topological polar surface area (TPSA) is 119 Å². The number of aryl methyl sites for hydroxylation is 2. The van der Waals surface area contributed by atoms with Crippen molar-refractivity contribution in [3.63, 3.8) is 0 Å². The summed E-state index contributed by atoms with van der Waals surface area (Å²) in [5.74, 6) is 1.65. The Morgan fingerprint density at radius 1 is 0.875 bits per heavy atom. The van der Waals surface area contributed by atoms with Gasteiger partial charge in [-0.3, -0.25) is 10.1 Å². The second-order valence-electron chi connectivity index (χ2n) is 9.11. The van der Waals surface area contributed by atoms with Gasteiger partial charge in [-0.2, -0.15) is 5.10 Å². The summed E-state index contributed by atoms with van der Waals surface area (Å²) in [5, 5.41) is 14.6. The van der Waals surface area contributed by atoms with E-state index in [-0.39, 0.29) is 12.5 Å². The minimum Gasteiger partial charge on any atom is -0.457 e. The molecule has 3 amide bonds. The van der Waals surface area contributed by atoms with Crippen LogP contribution in [0.4, 0.5) is 22.1 Å².